The van der Waals surface area contributed by atoms with Crippen molar-refractivity contribution in [1.29, 1.82) is 0 Å². The maximum absolute atomic E-state index is 13.3. The number of hydrogen-bond acceptors (Lipinski definition) is 3. The Morgan fingerprint density at radius 3 is 2.92 bits per heavy atom. The number of unbranched alkanes of at least 4 members (excludes halogenated alkanes) is 2. The van der Waals surface area contributed by atoms with Crippen LogP contribution in [-0.4, -0.2) is 18.6 Å². The van der Waals surface area contributed by atoms with Crippen LogP contribution in [0.5, 0.6) is 0 Å². The molecule has 127 valence electrons. The topological polar surface area (TPSA) is 62.8 Å². The largest absolute Gasteiger partial charge is 0.281 e. The number of nitrogens with zero attached hydrogens (tertiary/aromatic N) is 1. The molecule has 2 aromatic rings. The number of aromatic nitrogens is 2. The van der Waals surface area contributed by atoms with E-state index in [1.807, 2.05) is 19.1 Å². The third-order valence-corrected chi connectivity index (χ3v) is 6.40. The Kier molecular flexibility index (Phi) is 4.90. The molecule has 0 aliphatic heterocycles. The second-order valence-corrected chi connectivity index (χ2v) is 8.25. The first-order valence-electron chi connectivity index (χ1n) is 8.54. The minimum Gasteiger partial charge on any atom is -0.281 e. The number of aromatic amines is 1. The van der Waals surface area contributed by atoms with Gasteiger partial charge in [-0.25, -0.2) is 8.42 Å². The van der Waals surface area contributed by atoms with Crippen LogP contribution in [0.25, 0.3) is 4.91 Å². The van der Waals surface area contributed by atoms with Crippen molar-refractivity contribution in [2.45, 2.75) is 57.3 Å². The molecule has 0 atom stereocenters. The Hall–Kier alpha value is -1.88. The summed E-state index contributed by atoms with van der Waals surface area (Å²) in [5.74, 6) is 0. The van der Waals surface area contributed by atoms with Crippen LogP contribution in [0.1, 0.15) is 55.0 Å². The summed E-state index contributed by atoms with van der Waals surface area (Å²) in [6.45, 7) is 4.15. The van der Waals surface area contributed by atoms with E-state index in [-0.39, 0.29) is 0 Å². The van der Waals surface area contributed by atoms with E-state index in [0.29, 0.717) is 21.8 Å². The molecule has 1 heterocycles. The molecular weight excluding hydrogens is 320 g/mol. The molecule has 0 spiro atoms. The average Bonchev–Trinajstić information content (AvgIpc) is 3.03. The monoisotopic (exact) mass is 343 g/mol. The fourth-order valence-corrected chi connectivity index (χ4v) is 4.97. The molecule has 1 aromatic carbocycles. The standard InChI is InChI=1S/C19H23N2O2S/c1-3-4-5-7-15-12-14(2)10-11-18(15)24(22,23)19-9-6-8-17-16(19)13-20-21-17/h9-12H,3-8H2,1-2H3,(H,20,21). The first-order valence-corrected chi connectivity index (χ1v) is 10.0. The molecule has 4 nitrogen and oxygen atoms in total. The minimum absolute atomic E-state index is 0.345. The van der Waals surface area contributed by atoms with Crippen molar-refractivity contribution in [3.8, 4) is 0 Å². The Bertz CT molecular complexity index is 863. The highest BCUT2D eigenvalue weighted by atomic mass is 32.2. The van der Waals surface area contributed by atoms with Crippen LogP contribution in [0, 0.1) is 13.1 Å². The summed E-state index contributed by atoms with van der Waals surface area (Å²) in [6.07, 6.45) is 10.1. The van der Waals surface area contributed by atoms with Crippen molar-refractivity contribution >= 4 is 14.7 Å². The summed E-state index contributed by atoms with van der Waals surface area (Å²) in [7, 11) is -3.56. The van der Waals surface area contributed by atoms with E-state index in [9.17, 15) is 8.42 Å². The summed E-state index contributed by atoms with van der Waals surface area (Å²) >= 11 is 0. The minimum atomic E-state index is -3.56. The van der Waals surface area contributed by atoms with Gasteiger partial charge in [0, 0.05) is 11.3 Å². The van der Waals surface area contributed by atoms with Gasteiger partial charge < -0.3 is 0 Å². The van der Waals surface area contributed by atoms with Crippen molar-refractivity contribution in [2.75, 3.05) is 0 Å². The molecule has 0 bridgehead atoms. The highest BCUT2D eigenvalue weighted by Gasteiger charge is 2.29. The van der Waals surface area contributed by atoms with Crippen molar-refractivity contribution in [2.24, 2.45) is 0 Å². The SMILES string of the molecule is CCCCCc1cc(C)ccc1S(=O)(=O)C1=CCCc2[nH]n[c]c21. The number of aryl methyl sites for hydroxylation is 3. The molecule has 0 fully saturated rings. The maximum atomic E-state index is 13.3. The number of benzene rings is 1. The van der Waals surface area contributed by atoms with E-state index in [0.717, 1.165) is 48.9 Å². The summed E-state index contributed by atoms with van der Waals surface area (Å²) < 4.78 is 26.6. The van der Waals surface area contributed by atoms with Crippen LogP contribution < -0.4 is 0 Å². The molecule has 1 aromatic heterocycles. The number of sulfone groups is 1. The highest BCUT2D eigenvalue weighted by molar-refractivity contribution is 8.00. The van der Waals surface area contributed by atoms with Gasteiger partial charge in [-0.2, -0.15) is 5.10 Å². The molecule has 24 heavy (non-hydrogen) atoms. The maximum Gasteiger partial charge on any atom is 0.207 e. The number of allylic oxidation sites excluding steroid dienone is 1. The molecule has 0 saturated heterocycles. The number of hydrogen-bond donors (Lipinski definition) is 1. The number of rotatable bonds is 6. The lowest BCUT2D eigenvalue weighted by Gasteiger charge is -2.16. The molecule has 1 radical (unpaired) electrons. The van der Waals surface area contributed by atoms with E-state index in [1.54, 1.807) is 12.1 Å². The first-order chi connectivity index (χ1) is 11.5. The molecule has 5 heteroatoms. The van der Waals surface area contributed by atoms with Crippen LogP contribution >= 0.6 is 0 Å². The van der Waals surface area contributed by atoms with Gasteiger partial charge in [0.2, 0.25) is 9.84 Å². The molecule has 3 rings (SSSR count). The van der Waals surface area contributed by atoms with Gasteiger partial charge in [0.15, 0.2) is 0 Å². The number of nitrogens with one attached hydrogen (secondary N) is 1. The third-order valence-electron chi connectivity index (χ3n) is 4.48. The van der Waals surface area contributed by atoms with Gasteiger partial charge in [0.25, 0.3) is 0 Å². The second-order valence-electron chi connectivity index (χ2n) is 6.37. The predicted molar refractivity (Wildman–Crippen MR) is 95.3 cm³/mol. The zero-order chi connectivity index (χ0) is 17.2. The summed E-state index contributed by atoms with van der Waals surface area (Å²) in [4.78, 5) is 0.774. The van der Waals surface area contributed by atoms with Gasteiger partial charge in [0.1, 0.15) is 6.20 Å². The van der Waals surface area contributed by atoms with Crippen LogP contribution in [0.3, 0.4) is 0 Å². The molecule has 0 saturated carbocycles. The van der Waals surface area contributed by atoms with E-state index >= 15 is 0 Å². The summed E-state index contributed by atoms with van der Waals surface area (Å²) in [5, 5.41) is 6.77. The second kappa shape index (κ2) is 6.93. The van der Waals surface area contributed by atoms with Gasteiger partial charge in [-0.3, -0.25) is 5.10 Å². The Labute approximate surface area is 143 Å². The summed E-state index contributed by atoms with van der Waals surface area (Å²) in [5.41, 5.74) is 3.46. The normalized spacial score (nSPS) is 14.3. The lowest BCUT2D eigenvalue weighted by molar-refractivity contribution is 0.603. The van der Waals surface area contributed by atoms with E-state index in [4.69, 9.17) is 0 Å². The van der Waals surface area contributed by atoms with E-state index in [2.05, 4.69) is 23.3 Å². The van der Waals surface area contributed by atoms with Crippen LogP contribution in [0.4, 0.5) is 0 Å². The quantitative estimate of drug-likeness (QED) is 0.806. The summed E-state index contributed by atoms with van der Waals surface area (Å²) in [6, 6.07) is 5.63. The highest BCUT2D eigenvalue weighted by Crippen LogP contribution is 2.35. The number of fused-ring (bicyclic) bond motifs is 1. The Balaban J connectivity index is 2.03. The average molecular weight is 343 g/mol. The van der Waals surface area contributed by atoms with Gasteiger partial charge in [-0.05, 0) is 44.2 Å². The fraction of sp³-hybridized carbons (Fsp3) is 0.421. The van der Waals surface area contributed by atoms with Gasteiger partial charge in [0.05, 0.1) is 9.80 Å². The molecule has 0 amide bonds. The molecule has 1 aliphatic rings. The fourth-order valence-electron chi connectivity index (χ4n) is 3.20. The van der Waals surface area contributed by atoms with Crippen molar-refractivity contribution in [1.82, 2.24) is 10.2 Å². The van der Waals surface area contributed by atoms with Crippen molar-refractivity contribution < 1.29 is 8.42 Å². The van der Waals surface area contributed by atoms with Crippen molar-refractivity contribution in [3.05, 3.63) is 52.9 Å². The Morgan fingerprint density at radius 1 is 1.29 bits per heavy atom. The Morgan fingerprint density at radius 2 is 2.12 bits per heavy atom. The van der Waals surface area contributed by atoms with Gasteiger partial charge in [-0.15, -0.1) is 0 Å². The smallest absolute Gasteiger partial charge is 0.207 e. The van der Waals surface area contributed by atoms with Crippen LogP contribution in [0.2, 0.25) is 0 Å². The predicted octanol–water partition coefficient (Wildman–Crippen LogP) is 4.01. The van der Waals surface area contributed by atoms with E-state index in [1.165, 1.54) is 0 Å². The van der Waals surface area contributed by atoms with Crippen molar-refractivity contribution in [3.63, 3.8) is 0 Å². The molecular formula is C19H23N2O2S. The first kappa shape index (κ1) is 17.0. The van der Waals surface area contributed by atoms with E-state index < -0.39 is 9.84 Å². The third kappa shape index (κ3) is 3.18. The van der Waals surface area contributed by atoms with Gasteiger partial charge in [-0.1, -0.05) is 43.5 Å². The molecule has 1 N–H and O–H groups in total. The van der Waals surface area contributed by atoms with Crippen LogP contribution in [-0.2, 0) is 22.7 Å². The van der Waals surface area contributed by atoms with Gasteiger partial charge >= 0.3 is 0 Å². The lowest BCUT2D eigenvalue weighted by Crippen LogP contribution is -2.11. The zero-order valence-electron chi connectivity index (χ0n) is 14.2. The zero-order valence-corrected chi connectivity index (χ0v) is 15.0. The lowest BCUT2D eigenvalue weighted by atomic mass is 10.0. The molecule has 1 aliphatic carbocycles. The van der Waals surface area contributed by atoms with Crippen LogP contribution in [0.15, 0.2) is 29.2 Å². The number of H-pyrrole nitrogens is 1. The molecule has 0 unspecified atom stereocenters.